The molecule has 32 heavy (non-hydrogen) atoms. The van der Waals surface area contributed by atoms with Crippen molar-refractivity contribution in [3.05, 3.63) is 64.5 Å². The fourth-order valence-electron chi connectivity index (χ4n) is 4.94. The summed E-state index contributed by atoms with van der Waals surface area (Å²) < 4.78 is 20.2. The van der Waals surface area contributed by atoms with Gasteiger partial charge in [0, 0.05) is 48.6 Å². The Morgan fingerprint density at radius 2 is 1.84 bits per heavy atom. The number of hydrogen-bond acceptors (Lipinski definition) is 4. The minimum Gasteiger partial charge on any atom is -0.482 e. The Balaban J connectivity index is 1.40. The molecule has 5 nitrogen and oxygen atoms in total. The molecule has 3 aliphatic heterocycles. The van der Waals surface area contributed by atoms with Crippen molar-refractivity contribution < 1.29 is 13.9 Å². The van der Waals surface area contributed by atoms with Crippen molar-refractivity contribution >= 4 is 22.9 Å². The first kappa shape index (κ1) is 21.2. The third-order valence-corrected chi connectivity index (χ3v) is 6.82. The quantitative estimate of drug-likeness (QED) is 0.735. The van der Waals surface area contributed by atoms with E-state index >= 15 is 0 Å². The van der Waals surface area contributed by atoms with Gasteiger partial charge in [-0.3, -0.25) is 4.79 Å². The number of piperazine rings is 1. The van der Waals surface area contributed by atoms with Crippen LogP contribution in [0.25, 0.3) is 11.3 Å². The van der Waals surface area contributed by atoms with Gasteiger partial charge in [0.15, 0.2) is 0 Å². The molecule has 1 saturated heterocycles. The molecule has 2 aromatic rings. The van der Waals surface area contributed by atoms with E-state index in [4.69, 9.17) is 4.74 Å². The maximum absolute atomic E-state index is 13.9. The number of ether oxygens (including phenoxy) is 1. The number of fused-ring (bicyclic) bond motifs is 2. The van der Waals surface area contributed by atoms with E-state index in [0.29, 0.717) is 22.6 Å². The summed E-state index contributed by atoms with van der Waals surface area (Å²) in [5.41, 5.74) is 4.31. The molecule has 6 heteroatoms. The van der Waals surface area contributed by atoms with Gasteiger partial charge in [-0.15, -0.1) is 0 Å². The summed E-state index contributed by atoms with van der Waals surface area (Å²) in [7, 11) is 2.18. The van der Waals surface area contributed by atoms with Crippen molar-refractivity contribution in [2.45, 2.75) is 32.3 Å². The number of amides is 1. The minimum atomic E-state index is -0.554. The Bertz CT molecular complexity index is 1100. The van der Waals surface area contributed by atoms with Crippen LogP contribution in [0.4, 0.5) is 10.1 Å². The Hall–Kier alpha value is -2.70. The van der Waals surface area contributed by atoms with Gasteiger partial charge in [-0.25, -0.2) is 4.39 Å². The number of nitrogens with zero attached hydrogens (tertiary/aromatic N) is 2. The zero-order valence-corrected chi connectivity index (χ0v) is 19.0. The Morgan fingerprint density at radius 3 is 2.62 bits per heavy atom. The molecule has 0 aromatic heterocycles. The van der Waals surface area contributed by atoms with Crippen LogP contribution in [0.15, 0.2) is 36.4 Å². The topological polar surface area (TPSA) is 44.8 Å². The van der Waals surface area contributed by atoms with E-state index in [1.807, 2.05) is 13.8 Å². The first-order valence-electron chi connectivity index (χ1n) is 11.4. The summed E-state index contributed by atoms with van der Waals surface area (Å²) in [4.78, 5) is 17.7. The molecule has 0 aliphatic carbocycles. The standard InChI is InChI=1S/C26H30FN3O2/c1-26(2)21-15-17(5-4-10-30-13-11-29(3)12-14-30)6-8-19(21)24(32-26)23-20-16-18(27)7-9-22(20)28-25(23)31/h6-9,15-16H,4-5,10-14H2,1-3H3,(H,28,31)/b24-23+. The van der Waals surface area contributed by atoms with Crippen LogP contribution in [0.1, 0.15) is 42.5 Å². The maximum atomic E-state index is 13.9. The average molecular weight is 436 g/mol. The van der Waals surface area contributed by atoms with Gasteiger partial charge in [0.05, 0.1) is 5.57 Å². The molecular weight excluding hydrogens is 405 g/mol. The molecule has 0 spiro atoms. The number of aryl methyl sites for hydroxylation is 1. The van der Waals surface area contributed by atoms with Crippen LogP contribution < -0.4 is 5.32 Å². The molecule has 0 unspecified atom stereocenters. The van der Waals surface area contributed by atoms with E-state index < -0.39 is 5.60 Å². The molecule has 0 radical (unpaired) electrons. The lowest BCUT2D eigenvalue weighted by Crippen LogP contribution is -2.44. The molecular formula is C26H30FN3O2. The Labute approximate surface area is 188 Å². The monoisotopic (exact) mass is 435 g/mol. The zero-order chi connectivity index (χ0) is 22.5. The van der Waals surface area contributed by atoms with Crippen molar-refractivity contribution in [1.29, 1.82) is 0 Å². The van der Waals surface area contributed by atoms with E-state index in [-0.39, 0.29) is 11.7 Å². The van der Waals surface area contributed by atoms with Gasteiger partial charge < -0.3 is 19.9 Å². The molecule has 168 valence electrons. The number of nitrogens with one attached hydrogen (secondary N) is 1. The van der Waals surface area contributed by atoms with Crippen LogP contribution in [-0.2, 0) is 21.6 Å². The molecule has 1 fully saturated rings. The van der Waals surface area contributed by atoms with Crippen molar-refractivity contribution in [3.63, 3.8) is 0 Å². The summed E-state index contributed by atoms with van der Waals surface area (Å²) in [6.07, 6.45) is 2.13. The minimum absolute atomic E-state index is 0.250. The van der Waals surface area contributed by atoms with Crippen LogP contribution in [-0.4, -0.2) is 55.5 Å². The number of anilines is 1. The summed E-state index contributed by atoms with van der Waals surface area (Å²) in [5, 5.41) is 2.83. The number of rotatable bonds is 4. The van der Waals surface area contributed by atoms with Crippen LogP contribution in [0.3, 0.4) is 0 Å². The van der Waals surface area contributed by atoms with Crippen molar-refractivity contribution in [2.75, 3.05) is 45.1 Å². The predicted molar refractivity (Wildman–Crippen MR) is 125 cm³/mol. The first-order chi connectivity index (χ1) is 15.3. The molecule has 0 saturated carbocycles. The first-order valence-corrected chi connectivity index (χ1v) is 11.4. The normalized spacial score (nSPS) is 22.4. The highest BCUT2D eigenvalue weighted by atomic mass is 19.1. The number of carbonyl (C=O) groups excluding carboxylic acids is 1. The number of benzene rings is 2. The molecule has 0 bridgehead atoms. The zero-order valence-electron chi connectivity index (χ0n) is 19.0. The molecule has 0 atom stereocenters. The second-order valence-corrected chi connectivity index (χ2v) is 9.59. The summed E-state index contributed by atoms with van der Waals surface area (Å²) >= 11 is 0. The molecule has 3 aliphatic rings. The van der Waals surface area contributed by atoms with Gasteiger partial charge in [-0.05, 0) is 64.0 Å². The lowest BCUT2D eigenvalue weighted by molar-refractivity contribution is -0.110. The van der Waals surface area contributed by atoms with Gasteiger partial charge >= 0.3 is 0 Å². The number of hydrogen-bond donors (Lipinski definition) is 1. The van der Waals surface area contributed by atoms with E-state index in [1.165, 1.54) is 17.7 Å². The summed E-state index contributed by atoms with van der Waals surface area (Å²) in [5.74, 6) is -0.0807. The largest absolute Gasteiger partial charge is 0.482 e. The smallest absolute Gasteiger partial charge is 0.260 e. The van der Waals surface area contributed by atoms with Crippen LogP contribution >= 0.6 is 0 Å². The summed E-state index contributed by atoms with van der Waals surface area (Å²) in [6, 6.07) is 10.8. The van der Waals surface area contributed by atoms with Crippen molar-refractivity contribution in [2.24, 2.45) is 0 Å². The van der Waals surface area contributed by atoms with Gasteiger partial charge in [0.2, 0.25) is 0 Å². The number of likely N-dealkylation sites (N-methyl/N-ethyl adjacent to an activating group) is 1. The van der Waals surface area contributed by atoms with Gasteiger partial charge in [-0.2, -0.15) is 0 Å². The third-order valence-electron chi connectivity index (χ3n) is 6.82. The highest BCUT2D eigenvalue weighted by Crippen LogP contribution is 2.48. The molecule has 5 rings (SSSR count). The Kier molecular flexibility index (Phi) is 5.30. The predicted octanol–water partition coefficient (Wildman–Crippen LogP) is 4.09. The molecule has 1 N–H and O–H groups in total. The van der Waals surface area contributed by atoms with E-state index in [2.05, 4.69) is 40.4 Å². The molecule has 2 aromatic carbocycles. The number of halogens is 1. The maximum Gasteiger partial charge on any atom is 0.260 e. The van der Waals surface area contributed by atoms with Gasteiger partial charge in [0.1, 0.15) is 17.2 Å². The van der Waals surface area contributed by atoms with E-state index in [1.54, 1.807) is 6.07 Å². The molecule has 1 amide bonds. The second kappa shape index (κ2) is 8.01. The summed E-state index contributed by atoms with van der Waals surface area (Å²) in [6.45, 7) is 9.72. The fourth-order valence-corrected chi connectivity index (χ4v) is 4.94. The van der Waals surface area contributed by atoms with Crippen molar-refractivity contribution in [1.82, 2.24) is 9.80 Å². The SMILES string of the molecule is CN1CCN(CCCc2ccc3c(c2)C(C)(C)O/C3=C2/C(=O)Nc3ccc(F)cc32)CC1. The van der Waals surface area contributed by atoms with E-state index in [0.717, 1.165) is 56.7 Å². The lowest BCUT2D eigenvalue weighted by Gasteiger charge is -2.32. The van der Waals surface area contributed by atoms with Crippen LogP contribution in [0.5, 0.6) is 0 Å². The second-order valence-electron chi connectivity index (χ2n) is 9.59. The Morgan fingerprint density at radius 1 is 1.06 bits per heavy atom. The van der Waals surface area contributed by atoms with Gasteiger partial charge in [-0.1, -0.05) is 18.2 Å². The van der Waals surface area contributed by atoms with E-state index in [9.17, 15) is 9.18 Å². The van der Waals surface area contributed by atoms with Crippen LogP contribution in [0, 0.1) is 5.82 Å². The third kappa shape index (κ3) is 3.82. The lowest BCUT2D eigenvalue weighted by atomic mass is 9.91. The number of carbonyl (C=O) groups is 1. The fraction of sp³-hybridized carbons (Fsp3) is 0.423. The van der Waals surface area contributed by atoms with Crippen LogP contribution in [0.2, 0.25) is 0 Å². The molecule has 3 heterocycles. The average Bonchev–Trinajstić information content (AvgIpc) is 3.21. The highest BCUT2D eigenvalue weighted by Gasteiger charge is 2.40. The van der Waals surface area contributed by atoms with Crippen molar-refractivity contribution in [3.8, 4) is 0 Å². The highest BCUT2D eigenvalue weighted by molar-refractivity contribution is 6.36. The van der Waals surface area contributed by atoms with Gasteiger partial charge in [0.25, 0.3) is 5.91 Å².